The van der Waals surface area contributed by atoms with E-state index in [1.807, 2.05) is 24.3 Å². The fourth-order valence-electron chi connectivity index (χ4n) is 2.71. The molecule has 7 heteroatoms. The Morgan fingerprint density at radius 1 is 1.24 bits per heavy atom. The van der Waals surface area contributed by atoms with Crippen molar-refractivity contribution in [2.75, 3.05) is 0 Å². The number of aromatic amines is 1. The first-order valence-electron chi connectivity index (χ1n) is 7.75. The van der Waals surface area contributed by atoms with E-state index >= 15 is 0 Å². The molecule has 0 aliphatic rings. The van der Waals surface area contributed by atoms with Gasteiger partial charge in [0, 0.05) is 30.9 Å². The van der Waals surface area contributed by atoms with Gasteiger partial charge in [0.15, 0.2) is 5.82 Å². The van der Waals surface area contributed by atoms with Crippen LogP contribution in [-0.2, 0) is 7.05 Å². The lowest BCUT2D eigenvalue weighted by Gasteiger charge is -2.00. The molecule has 25 heavy (non-hydrogen) atoms. The van der Waals surface area contributed by atoms with E-state index in [1.165, 1.54) is 6.07 Å². The lowest BCUT2D eigenvalue weighted by atomic mass is 10.1. The number of halogens is 1. The Hall–Kier alpha value is -3.35. The van der Waals surface area contributed by atoms with Crippen molar-refractivity contribution in [3.05, 3.63) is 59.6 Å². The van der Waals surface area contributed by atoms with Crippen molar-refractivity contribution in [1.82, 2.24) is 29.9 Å². The van der Waals surface area contributed by atoms with Gasteiger partial charge >= 0.3 is 0 Å². The van der Waals surface area contributed by atoms with Gasteiger partial charge < -0.3 is 0 Å². The normalized spacial score (nSPS) is 11.6. The summed E-state index contributed by atoms with van der Waals surface area (Å²) in [5, 5.41) is 12.1. The zero-order chi connectivity index (χ0) is 17.4. The highest BCUT2D eigenvalue weighted by molar-refractivity contribution is 5.92. The number of nitrogens with zero attached hydrogens (tertiary/aromatic N) is 5. The highest BCUT2D eigenvalue weighted by Crippen LogP contribution is 2.28. The predicted molar refractivity (Wildman–Crippen MR) is 94.0 cm³/mol. The molecule has 124 valence electrons. The van der Waals surface area contributed by atoms with Crippen LogP contribution < -0.4 is 0 Å². The lowest BCUT2D eigenvalue weighted by Crippen LogP contribution is -1.92. The average Bonchev–Trinajstić information content (AvgIpc) is 3.17. The molecule has 4 aromatic rings. The third-order valence-electron chi connectivity index (χ3n) is 3.92. The van der Waals surface area contributed by atoms with E-state index in [0.29, 0.717) is 22.7 Å². The molecular formula is C18H15FN6. The molecule has 3 aromatic heterocycles. The monoisotopic (exact) mass is 334 g/mol. The summed E-state index contributed by atoms with van der Waals surface area (Å²) < 4.78 is 16.2. The van der Waals surface area contributed by atoms with E-state index in [9.17, 15) is 4.39 Å². The van der Waals surface area contributed by atoms with E-state index in [4.69, 9.17) is 0 Å². The summed E-state index contributed by atoms with van der Waals surface area (Å²) >= 11 is 0. The minimum atomic E-state index is -0.378. The molecule has 3 heterocycles. The molecular weight excluding hydrogens is 319 g/mol. The number of benzene rings is 1. The van der Waals surface area contributed by atoms with Crippen LogP contribution in [0.25, 0.3) is 34.4 Å². The van der Waals surface area contributed by atoms with Crippen LogP contribution in [0.1, 0.15) is 17.1 Å². The van der Waals surface area contributed by atoms with Gasteiger partial charge in [0.25, 0.3) is 0 Å². The molecule has 0 fully saturated rings. The molecule has 0 amide bonds. The van der Waals surface area contributed by atoms with Gasteiger partial charge in [0.2, 0.25) is 0 Å². The van der Waals surface area contributed by atoms with Crippen LogP contribution in [0.15, 0.2) is 36.7 Å². The Balaban J connectivity index is 1.84. The van der Waals surface area contributed by atoms with E-state index in [2.05, 4.69) is 25.3 Å². The van der Waals surface area contributed by atoms with Crippen molar-refractivity contribution >= 4 is 23.1 Å². The molecule has 0 radical (unpaired) electrons. The Kier molecular flexibility index (Phi) is 3.61. The van der Waals surface area contributed by atoms with E-state index < -0.39 is 0 Å². The number of H-pyrrole nitrogens is 1. The van der Waals surface area contributed by atoms with E-state index in [0.717, 1.165) is 16.6 Å². The maximum absolute atomic E-state index is 14.5. The third-order valence-corrected chi connectivity index (χ3v) is 3.92. The second-order valence-electron chi connectivity index (χ2n) is 5.72. The Labute approximate surface area is 143 Å². The number of nitrogens with one attached hydrogen (secondary N) is 1. The van der Waals surface area contributed by atoms with Crippen molar-refractivity contribution in [1.29, 1.82) is 0 Å². The van der Waals surface area contributed by atoms with Gasteiger partial charge in [0.1, 0.15) is 11.6 Å². The molecule has 0 aliphatic heterocycles. The number of rotatable bonds is 3. The second-order valence-corrected chi connectivity index (χ2v) is 5.72. The van der Waals surface area contributed by atoms with Crippen molar-refractivity contribution in [2.45, 2.75) is 6.92 Å². The highest BCUT2D eigenvalue weighted by Gasteiger charge is 2.15. The molecule has 0 bridgehead atoms. The smallest absolute Gasteiger partial charge is 0.184 e. The number of fused-ring (bicyclic) bond motifs is 1. The van der Waals surface area contributed by atoms with Gasteiger partial charge in [-0.1, -0.05) is 12.1 Å². The summed E-state index contributed by atoms with van der Waals surface area (Å²) in [5.74, 6) is 0.595. The first-order valence-corrected chi connectivity index (χ1v) is 7.75. The molecule has 0 saturated heterocycles. The number of pyridine rings is 1. The Bertz CT molecular complexity index is 1080. The minimum Gasteiger partial charge on any atom is -0.267 e. The third kappa shape index (κ3) is 2.80. The van der Waals surface area contributed by atoms with Crippen LogP contribution in [0.4, 0.5) is 4.39 Å². The average molecular weight is 334 g/mol. The molecule has 1 N–H and O–H groups in total. The second kappa shape index (κ2) is 5.94. The summed E-state index contributed by atoms with van der Waals surface area (Å²) in [4.78, 5) is 8.30. The maximum atomic E-state index is 14.5. The standard InChI is InChI=1S/C18H15FN6/c1-11-21-18(23-22-11)13-8-14-16(6-5-12-4-3-7-20-10-12)24-25(2)17(14)9-15(13)19/h3-10H,1-2H3,(H,21,22,23)/b6-5+. The van der Waals surface area contributed by atoms with Gasteiger partial charge in [-0.2, -0.15) is 10.2 Å². The number of aryl methyl sites for hydroxylation is 2. The van der Waals surface area contributed by atoms with Crippen molar-refractivity contribution in [3.63, 3.8) is 0 Å². The summed E-state index contributed by atoms with van der Waals surface area (Å²) in [6.07, 6.45) is 7.31. The van der Waals surface area contributed by atoms with Crippen molar-refractivity contribution < 1.29 is 4.39 Å². The first-order chi connectivity index (χ1) is 12.1. The predicted octanol–water partition coefficient (Wildman–Crippen LogP) is 3.37. The molecule has 6 nitrogen and oxygen atoms in total. The highest BCUT2D eigenvalue weighted by atomic mass is 19.1. The van der Waals surface area contributed by atoms with Gasteiger partial charge in [-0.05, 0) is 30.7 Å². The SMILES string of the molecule is Cc1nc(-c2cc3c(/C=C/c4cccnc4)nn(C)c3cc2F)n[nH]1. The number of hydrogen-bond donors (Lipinski definition) is 1. The molecule has 1 aromatic carbocycles. The molecule has 4 rings (SSSR count). The zero-order valence-corrected chi connectivity index (χ0v) is 13.7. The number of aromatic nitrogens is 6. The Morgan fingerprint density at radius 3 is 2.84 bits per heavy atom. The molecule has 0 unspecified atom stereocenters. The zero-order valence-electron chi connectivity index (χ0n) is 13.7. The van der Waals surface area contributed by atoms with Crippen LogP contribution >= 0.6 is 0 Å². The van der Waals surface area contributed by atoms with E-state index in [1.54, 1.807) is 37.1 Å². The fourth-order valence-corrected chi connectivity index (χ4v) is 2.71. The lowest BCUT2D eigenvalue weighted by molar-refractivity contribution is 0.630. The summed E-state index contributed by atoms with van der Waals surface area (Å²) in [5.41, 5.74) is 2.77. The topological polar surface area (TPSA) is 72.3 Å². The molecule has 0 saturated carbocycles. The van der Waals surface area contributed by atoms with Gasteiger partial charge in [-0.15, -0.1) is 0 Å². The van der Waals surface area contributed by atoms with Crippen LogP contribution in [0, 0.1) is 12.7 Å². The summed E-state index contributed by atoms with van der Waals surface area (Å²) in [6, 6.07) is 7.03. The number of hydrogen-bond acceptors (Lipinski definition) is 4. The van der Waals surface area contributed by atoms with Crippen LogP contribution in [0.2, 0.25) is 0 Å². The van der Waals surface area contributed by atoms with Crippen LogP contribution in [-0.4, -0.2) is 29.9 Å². The molecule has 0 atom stereocenters. The first kappa shape index (κ1) is 15.2. The van der Waals surface area contributed by atoms with E-state index in [-0.39, 0.29) is 5.82 Å². The van der Waals surface area contributed by atoms with Crippen LogP contribution in [0.3, 0.4) is 0 Å². The molecule has 0 aliphatic carbocycles. The Morgan fingerprint density at radius 2 is 2.12 bits per heavy atom. The minimum absolute atomic E-state index is 0.336. The summed E-state index contributed by atoms with van der Waals surface area (Å²) in [6.45, 7) is 1.78. The fraction of sp³-hybridized carbons (Fsp3) is 0.111. The summed E-state index contributed by atoms with van der Waals surface area (Å²) in [7, 11) is 1.79. The molecule has 0 spiro atoms. The largest absolute Gasteiger partial charge is 0.267 e. The van der Waals surface area contributed by atoms with Crippen molar-refractivity contribution in [3.8, 4) is 11.4 Å². The van der Waals surface area contributed by atoms with Crippen LogP contribution in [0.5, 0.6) is 0 Å². The van der Waals surface area contributed by atoms with Gasteiger partial charge in [-0.3, -0.25) is 14.8 Å². The van der Waals surface area contributed by atoms with Crippen molar-refractivity contribution in [2.24, 2.45) is 7.05 Å². The van der Waals surface area contributed by atoms with Gasteiger partial charge in [0.05, 0.1) is 16.8 Å². The maximum Gasteiger partial charge on any atom is 0.184 e. The van der Waals surface area contributed by atoms with Gasteiger partial charge in [-0.25, -0.2) is 9.37 Å². The quantitative estimate of drug-likeness (QED) is 0.623.